The van der Waals surface area contributed by atoms with Gasteiger partial charge in [-0.3, -0.25) is 0 Å². The average Bonchev–Trinajstić information content (AvgIpc) is 2.45. The highest BCUT2D eigenvalue weighted by atomic mass is 14.9. The third kappa shape index (κ3) is 2.84. The van der Waals surface area contributed by atoms with Gasteiger partial charge in [0.2, 0.25) is 0 Å². The average molecular weight is 285 g/mol. The third-order valence-electron chi connectivity index (χ3n) is 5.43. The summed E-state index contributed by atoms with van der Waals surface area (Å²) in [7, 11) is 0. The van der Waals surface area contributed by atoms with E-state index < -0.39 is 0 Å². The van der Waals surface area contributed by atoms with Crippen LogP contribution in [0.4, 0.5) is 0 Å². The van der Waals surface area contributed by atoms with Gasteiger partial charge in [0.1, 0.15) is 0 Å². The molecule has 0 spiro atoms. The van der Waals surface area contributed by atoms with Gasteiger partial charge in [0.05, 0.1) is 0 Å². The van der Waals surface area contributed by atoms with Crippen LogP contribution in [0.15, 0.2) is 34.7 Å². The normalized spacial score (nSPS) is 25.0. The summed E-state index contributed by atoms with van der Waals surface area (Å²) in [5.41, 5.74) is 7.78. The Kier molecular flexibility index (Phi) is 4.03. The molecule has 0 aromatic heterocycles. The molecule has 1 saturated carbocycles. The van der Waals surface area contributed by atoms with Gasteiger partial charge in [-0.2, -0.15) is 0 Å². The van der Waals surface area contributed by atoms with E-state index in [0.29, 0.717) is 0 Å². The van der Waals surface area contributed by atoms with Crippen LogP contribution in [0.3, 0.4) is 0 Å². The van der Waals surface area contributed by atoms with Gasteiger partial charge in [-0.05, 0) is 66.6 Å². The number of dihydropyridines is 1. The summed E-state index contributed by atoms with van der Waals surface area (Å²) in [6.07, 6.45) is 12.2. The van der Waals surface area contributed by atoms with Crippen LogP contribution in [0, 0.1) is 11.3 Å². The summed E-state index contributed by atoms with van der Waals surface area (Å²) in [5.74, 6) is 0.787. The van der Waals surface area contributed by atoms with Crippen molar-refractivity contribution in [3.63, 3.8) is 0 Å². The lowest BCUT2D eigenvalue weighted by Gasteiger charge is -2.41. The second-order valence-electron chi connectivity index (χ2n) is 8.14. The quantitative estimate of drug-likeness (QED) is 0.636. The van der Waals surface area contributed by atoms with E-state index in [9.17, 15) is 0 Å². The van der Waals surface area contributed by atoms with Crippen molar-refractivity contribution in [2.75, 3.05) is 0 Å². The van der Waals surface area contributed by atoms with E-state index in [4.69, 9.17) is 0 Å². The maximum absolute atomic E-state index is 4.40. The fraction of sp³-hybridized carbons (Fsp3) is 0.700. The van der Waals surface area contributed by atoms with Crippen molar-refractivity contribution in [3.8, 4) is 0 Å². The fourth-order valence-corrected chi connectivity index (χ4v) is 4.60. The van der Waals surface area contributed by atoms with Gasteiger partial charge in [-0.1, -0.05) is 46.6 Å². The molecule has 21 heavy (non-hydrogen) atoms. The Morgan fingerprint density at radius 1 is 0.952 bits per heavy atom. The lowest BCUT2D eigenvalue weighted by molar-refractivity contribution is 0.385. The molecule has 0 atom stereocenters. The zero-order valence-corrected chi connectivity index (χ0v) is 14.1. The fourth-order valence-electron chi connectivity index (χ4n) is 4.60. The first-order valence-corrected chi connectivity index (χ1v) is 8.92. The van der Waals surface area contributed by atoms with Crippen molar-refractivity contribution in [1.29, 1.82) is 0 Å². The maximum atomic E-state index is 4.40. The largest absolute Gasteiger partial charge is 0.359 e. The second-order valence-corrected chi connectivity index (χ2v) is 8.14. The molecule has 0 aromatic rings. The van der Waals surface area contributed by atoms with Crippen LogP contribution in [0.5, 0.6) is 0 Å². The molecule has 1 N–H and O–H groups in total. The standard InChI is InChI=1S/C20H31N/c1-14-19(20(2,3)4)18(15-10-6-5-7-11-15)16-12-8-9-13-17(16)21-14/h15,21H,1,5-13H2,2-4H3. The Hall–Kier alpha value is -0.980. The molecule has 2 aliphatic carbocycles. The number of allylic oxidation sites excluding steroid dienone is 4. The topological polar surface area (TPSA) is 12.0 Å². The van der Waals surface area contributed by atoms with E-state index >= 15 is 0 Å². The second kappa shape index (κ2) is 5.66. The zero-order valence-electron chi connectivity index (χ0n) is 14.1. The van der Waals surface area contributed by atoms with Gasteiger partial charge in [-0.25, -0.2) is 0 Å². The molecule has 0 radical (unpaired) electrons. The first-order valence-electron chi connectivity index (χ1n) is 8.92. The van der Waals surface area contributed by atoms with Crippen LogP contribution in [0.25, 0.3) is 0 Å². The first-order chi connectivity index (χ1) is 9.98. The Morgan fingerprint density at radius 2 is 1.62 bits per heavy atom. The molecule has 1 heteroatoms. The molecular formula is C20H31N. The van der Waals surface area contributed by atoms with E-state index in [1.165, 1.54) is 74.8 Å². The van der Waals surface area contributed by atoms with E-state index in [2.05, 4.69) is 32.7 Å². The van der Waals surface area contributed by atoms with E-state index in [1.807, 2.05) is 0 Å². The molecule has 0 bridgehead atoms. The number of rotatable bonds is 1. The third-order valence-corrected chi connectivity index (χ3v) is 5.43. The number of hydrogen-bond acceptors (Lipinski definition) is 1. The summed E-state index contributed by atoms with van der Waals surface area (Å²) in [6, 6.07) is 0. The molecule has 1 nitrogen and oxygen atoms in total. The summed E-state index contributed by atoms with van der Waals surface area (Å²) < 4.78 is 0. The molecule has 0 amide bonds. The Balaban J connectivity index is 2.11. The van der Waals surface area contributed by atoms with Crippen molar-refractivity contribution in [3.05, 3.63) is 34.7 Å². The van der Waals surface area contributed by atoms with Crippen molar-refractivity contribution in [1.82, 2.24) is 5.32 Å². The lowest BCUT2D eigenvalue weighted by Crippen LogP contribution is -2.32. The first kappa shape index (κ1) is 14.9. The zero-order chi connectivity index (χ0) is 15.0. The minimum atomic E-state index is 0.187. The van der Waals surface area contributed by atoms with Crippen LogP contribution in [-0.4, -0.2) is 0 Å². The molecule has 0 saturated heterocycles. The Bertz CT molecular complexity index is 492. The lowest BCUT2D eigenvalue weighted by atomic mass is 9.69. The van der Waals surface area contributed by atoms with Crippen molar-refractivity contribution >= 4 is 0 Å². The summed E-state index contributed by atoms with van der Waals surface area (Å²) >= 11 is 0. The molecule has 3 rings (SSSR count). The van der Waals surface area contributed by atoms with Crippen LogP contribution < -0.4 is 5.32 Å². The van der Waals surface area contributed by atoms with Crippen LogP contribution in [-0.2, 0) is 0 Å². The van der Waals surface area contributed by atoms with Gasteiger partial charge >= 0.3 is 0 Å². The predicted octanol–water partition coefficient (Wildman–Crippen LogP) is 5.85. The van der Waals surface area contributed by atoms with E-state index in [0.717, 1.165) is 5.92 Å². The molecule has 3 aliphatic rings. The van der Waals surface area contributed by atoms with Gasteiger partial charge in [0, 0.05) is 11.4 Å². The Labute approximate surface area is 130 Å². The smallest absolute Gasteiger partial charge is 0.0349 e. The summed E-state index contributed by atoms with van der Waals surface area (Å²) in [6.45, 7) is 11.5. The highest BCUT2D eigenvalue weighted by Gasteiger charge is 2.35. The molecule has 1 heterocycles. The summed E-state index contributed by atoms with van der Waals surface area (Å²) in [4.78, 5) is 0. The molecule has 1 fully saturated rings. The van der Waals surface area contributed by atoms with E-state index in [-0.39, 0.29) is 5.41 Å². The van der Waals surface area contributed by atoms with Gasteiger partial charge in [-0.15, -0.1) is 0 Å². The minimum Gasteiger partial charge on any atom is -0.359 e. The highest BCUT2D eigenvalue weighted by Crippen LogP contribution is 2.48. The summed E-state index contributed by atoms with van der Waals surface area (Å²) in [5, 5.41) is 3.67. The number of nitrogens with one attached hydrogen (secondary N) is 1. The predicted molar refractivity (Wildman–Crippen MR) is 90.8 cm³/mol. The van der Waals surface area contributed by atoms with Crippen molar-refractivity contribution < 1.29 is 0 Å². The monoisotopic (exact) mass is 285 g/mol. The SMILES string of the molecule is C=C1NC2=C(CCCC2)C(C2CCCCC2)=C1C(C)(C)C. The highest BCUT2D eigenvalue weighted by molar-refractivity contribution is 5.54. The van der Waals surface area contributed by atoms with Crippen molar-refractivity contribution in [2.24, 2.45) is 11.3 Å². The van der Waals surface area contributed by atoms with Crippen LogP contribution >= 0.6 is 0 Å². The molecule has 116 valence electrons. The van der Waals surface area contributed by atoms with Gasteiger partial charge < -0.3 is 5.32 Å². The molecule has 1 aliphatic heterocycles. The van der Waals surface area contributed by atoms with E-state index in [1.54, 1.807) is 11.1 Å². The Morgan fingerprint density at radius 3 is 2.29 bits per heavy atom. The number of hydrogen-bond donors (Lipinski definition) is 1. The molecule has 0 aromatic carbocycles. The van der Waals surface area contributed by atoms with Crippen LogP contribution in [0.1, 0.15) is 78.6 Å². The van der Waals surface area contributed by atoms with Gasteiger partial charge in [0.15, 0.2) is 0 Å². The van der Waals surface area contributed by atoms with Crippen LogP contribution in [0.2, 0.25) is 0 Å². The molecule has 0 unspecified atom stereocenters. The maximum Gasteiger partial charge on any atom is 0.0349 e. The minimum absolute atomic E-state index is 0.187. The van der Waals surface area contributed by atoms with Gasteiger partial charge in [0.25, 0.3) is 0 Å². The van der Waals surface area contributed by atoms with Crippen molar-refractivity contribution in [2.45, 2.75) is 78.6 Å². The molecular weight excluding hydrogens is 254 g/mol.